The number of carbonyl (C=O) groups is 1. The lowest BCUT2D eigenvalue weighted by Gasteiger charge is -2.15. The average Bonchev–Trinajstić information content (AvgIpc) is 3.30. The Kier molecular flexibility index (Phi) is 4.90. The molecule has 0 saturated carbocycles. The molecule has 0 fully saturated rings. The van der Waals surface area contributed by atoms with Gasteiger partial charge in [-0.25, -0.2) is 0 Å². The van der Waals surface area contributed by atoms with Gasteiger partial charge in [0.05, 0.1) is 6.54 Å². The molecular formula is C23H24N2O2. The predicted octanol–water partition coefficient (Wildman–Crippen LogP) is 4.98. The molecule has 1 aliphatic rings. The topological polar surface area (TPSA) is 46.3 Å². The Bertz CT molecular complexity index is 956. The maximum Gasteiger partial charge on any atom is 0.163 e. The number of benzene rings is 1. The van der Waals surface area contributed by atoms with E-state index in [4.69, 9.17) is 4.42 Å². The summed E-state index contributed by atoms with van der Waals surface area (Å²) in [7, 11) is 0. The Morgan fingerprint density at radius 1 is 0.963 bits per heavy atom. The van der Waals surface area contributed by atoms with Crippen molar-refractivity contribution in [2.45, 2.75) is 33.2 Å². The fraction of sp³-hybridized carbons (Fsp3) is 0.304. The molecule has 4 heteroatoms. The van der Waals surface area contributed by atoms with Gasteiger partial charge in [-0.3, -0.25) is 14.7 Å². The number of furan rings is 1. The number of rotatable bonds is 6. The summed E-state index contributed by atoms with van der Waals surface area (Å²) < 4.78 is 6.33. The van der Waals surface area contributed by atoms with E-state index in [9.17, 15) is 4.79 Å². The number of fused-ring (bicyclic) bond motifs is 1. The molecule has 4 rings (SSSR count). The molecule has 1 aromatic carbocycles. The maximum atomic E-state index is 12.0. The Labute approximate surface area is 159 Å². The standard InChI is InChI=1S/C23H24N2O2/c1-3-25(4-2)15-19-14-21(16-9-11-24-12-10-16)23(27-19)18-5-7-20-17(13-18)6-8-22(20)26/h5,7,9-14H,3-4,6,8,15H2,1-2H3. The molecule has 0 bridgehead atoms. The molecular weight excluding hydrogens is 336 g/mol. The van der Waals surface area contributed by atoms with Crippen LogP contribution in [0.1, 0.15) is 41.9 Å². The number of carbonyl (C=O) groups excluding carboxylic acids is 1. The summed E-state index contributed by atoms with van der Waals surface area (Å²) in [5.41, 5.74) is 5.18. The summed E-state index contributed by atoms with van der Waals surface area (Å²) >= 11 is 0. The van der Waals surface area contributed by atoms with E-state index in [1.165, 1.54) is 0 Å². The molecule has 138 valence electrons. The first-order valence-electron chi connectivity index (χ1n) is 9.61. The minimum Gasteiger partial charge on any atom is -0.459 e. The quantitative estimate of drug-likeness (QED) is 0.622. The van der Waals surface area contributed by atoms with Gasteiger partial charge in [0, 0.05) is 35.5 Å². The van der Waals surface area contributed by atoms with E-state index in [1.807, 2.05) is 24.3 Å². The third-order valence-corrected chi connectivity index (χ3v) is 5.34. The summed E-state index contributed by atoms with van der Waals surface area (Å²) in [5.74, 6) is 2.06. The van der Waals surface area contributed by atoms with Gasteiger partial charge in [0.1, 0.15) is 11.5 Å². The molecule has 0 N–H and O–H groups in total. The van der Waals surface area contributed by atoms with Gasteiger partial charge in [-0.2, -0.15) is 0 Å². The summed E-state index contributed by atoms with van der Waals surface area (Å²) in [6, 6.07) is 12.2. The van der Waals surface area contributed by atoms with Crippen LogP contribution in [0.5, 0.6) is 0 Å². The van der Waals surface area contributed by atoms with E-state index in [0.717, 1.165) is 65.4 Å². The number of nitrogens with zero attached hydrogens (tertiary/aromatic N) is 2. The Hall–Kier alpha value is -2.72. The van der Waals surface area contributed by atoms with Gasteiger partial charge in [0.15, 0.2) is 5.78 Å². The minimum absolute atomic E-state index is 0.243. The normalized spacial score (nSPS) is 13.4. The van der Waals surface area contributed by atoms with E-state index < -0.39 is 0 Å². The highest BCUT2D eigenvalue weighted by Gasteiger charge is 2.22. The predicted molar refractivity (Wildman–Crippen MR) is 107 cm³/mol. The Morgan fingerprint density at radius 3 is 2.48 bits per heavy atom. The second-order valence-electron chi connectivity index (χ2n) is 6.95. The molecule has 3 aromatic rings. The van der Waals surface area contributed by atoms with Crippen LogP contribution in [0.2, 0.25) is 0 Å². The van der Waals surface area contributed by atoms with E-state index in [0.29, 0.717) is 6.42 Å². The van der Waals surface area contributed by atoms with Crippen molar-refractivity contribution in [1.82, 2.24) is 9.88 Å². The van der Waals surface area contributed by atoms with Crippen LogP contribution in [-0.4, -0.2) is 28.8 Å². The van der Waals surface area contributed by atoms with Gasteiger partial charge < -0.3 is 4.42 Å². The first-order valence-corrected chi connectivity index (χ1v) is 9.61. The Balaban J connectivity index is 1.79. The number of aromatic nitrogens is 1. The smallest absolute Gasteiger partial charge is 0.163 e. The van der Waals surface area contributed by atoms with Crippen molar-refractivity contribution >= 4 is 5.78 Å². The van der Waals surface area contributed by atoms with Gasteiger partial charge in [-0.05, 0) is 54.9 Å². The molecule has 0 spiro atoms. The third kappa shape index (κ3) is 3.45. The fourth-order valence-corrected chi connectivity index (χ4v) is 3.74. The SMILES string of the molecule is CCN(CC)Cc1cc(-c2ccncc2)c(-c2ccc3c(c2)CCC3=O)o1. The number of ketones is 1. The number of hydrogen-bond donors (Lipinski definition) is 0. The van der Waals surface area contributed by atoms with Crippen LogP contribution < -0.4 is 0 Å². The second kappa shape index (κ2) is 7.49. The molecule has 0 atom stereocenters. The molecule has 0 amide bonds. The van der Waals surface area contributed by atoms with Gasteiger partial charge in [-0.1, -0.05) is 26.0 Å². The van der Waals surface area contributed by atoms with Gasteiger partial charge in [0.25, 0.3) is 0 Å². The van der Waals surface area contributed by atoms with Gasteiger partial charge in [0.2, 0.25) is 0 Å². The first-order chi connectivity index (χ1) is 13.2. The van der Waals surface area contributed by atoms with Crippen LogP contribution >= 0.6 is 0 Å². The molecule has 4 nitrogen and oxygen atoms in total. The summed E-state index contributed by atoms with van der Waals surface area (Å²) in [6.45, 7) is 7.08. The summed E-state index contributed by atoms with van der Waals surface area (Å²) in [6.07, 6.45) is 5.04. The molecule has 2 aromatic heterocycles. The summed E-state index contributed by atoms with van der Waals surface area (Å²) in [5, 5.41) is 0. The van der Waals surface area contributed by atoms with E-state index in [2.05, 4.69) is 35.9 Å². The lowest BCUT2D eigenvalue weighted by molar-refractivity contribution is 0.0994. The zero-order valence-electron chi connectivity index (χ0n) is 15.9. The van der Waals surface area contributed by atoms with Crippen LogP contribution in [0, 0.1) is 0 Å². The molecule has 2 heterocycles. The summed E-state index contributed by atoms with van der Waals surface area (Å²) in [4.78, 5) is 18.4. The zero-order chi connectivity index (χ0) is 18.8. The van der Waals surface area contributed by atoms with Crippen molar-refractivity contribution in [3.63, 3.8) is 0 Å². The average molecular weight is 360 g/mol. The highest BCUT2D eigenvalue weighted by molar-refractivity contribution is 6.01. The lowest BCUT2D eigenvalue weighted by atomic mass is 9.99. The van der Waals surface area contributed by atoms with E-state index in [-0.39, 0.29) is 5.78 Å². The highest BCUT2D eigenvalue weighted by atomic mass is 16.3. The van der Waals surface area contributed by atoms with Crippen molar-refractivity contribution in [2.24, 2.45) is 0 Å². The molecule has 0 unspecified atom stereocenters. The lowest BCUT2D eigenvalue weighted by Crippen LogP contribution is -2.21. The van der Waals surface area contributed by atoms with Gasteiger partial charge in [-0.15, -0.1) is 0 Å². The van der Waals surface area contributed by atoms with Crippen LogP contribution in [0.25, 0.3) is 22.5 Å². The molecule has 0 saturated heterocycles. The molecule has 27 heavy (non-hydrogen) atoms. The Morgan fingerprint density at radius 2 is 1.74 bits per heavy atom. The van der Waals surface area contributed by atoms with Crippen molar-refractivity contribution in [3.05, 3.63) is 65.7 Å². The number of pyridine rings is 1. The first kappa shape index (κ1) is 17.7. The van der Waals surface area contributed by atoms with Crippen LogP contribution in [0.15, 0.2) is 53.2 Å². The highest BCUT2D eigenvalue weighted by Crippen LogP contribution is 2.37. The van der Waals surface area contributed by atoms with Crippen LogP contribution in [-0.2, 0) is 13.0 Å². The zero-order valence-corrected chi connectivity index (χ0v) is 15.9. The molecule has 0 aliphatic heterocycles. The molecule has 1 aliphatic carbocycles. The fourth-order valence-electron chi connectivity index (χ4n) is 3.74. The third-order valence-electron chi connectivity index (χ3n) is 5.34. The van der Waals surface area contributed by atoms with E-state index >= 15 is 0 Å². The molecule has 0 radical (unpaired) electrons. The number of Topliss-reactive ketones (excluding diaryl/α,β-unsaturated/α-hetero) is 1. The van der Waals surface area contributed by atoms with Crippen molar-refractivity contribution < 1.29 is 9.21 Å². The van der Waals surface area contributed by atoms with Crippen LogP contribution in [0.3, 0.4) is 0 Å². The minimum atomic E-state index is 0.243. The number of hydrogen-bond acceptors (Lipinski definition) is 4. The van der Waals surface area contributed by atoms with Crippen molar-refractivity contribution in [2.75, 3.05) is 13.1 Å². The van der Waals surface area contributed by atoms with Crippen molar-refractivity contribution in [3.8, 4) is 22.5 Å². The second-order valence-corrected chi connectivity index (χ2v) is 6.95. The number of aryl methyl sites for hydroxylation is 1. The van der Waals surface area contributed by atoms with Gasteiger partial charge >= 0.3 is 0 Å². The van der Waals surface area contributed by atoms with Crippen molar-refractivity contribution in [1.29, 1.82) is 0 Å². The largest absolute Gasteiger partial charge is 0.459 e. The maximum absolute atomic E-state index is 12.0. The monoisotopic (exact) mass is 360 g/mol. The van der Waals surface area contributed by atoms with E-state index in [1.54, 1.807) is 12.4 Å². The van der Waals surface area contributed by atoms with Crippen LogP contribution in [0.4, 0.5) is 0 Å².